The van der Waals surface area contributed by atoms with Crippen LogP contribution in [0, 0.1) is 0 Å². The van der Waals surface area contributed by atoms with Crippen LogP contribution in [0.2, 0.25) is 0 Å². The number of aromatic nitrogens is 3. The molecular formula is C20H23N5O. The summed E-state index contributed by atoms with van der Waals surface area (Å²) in [4.78, 5) is 23.8. The fraction of sp³-hybridized carbons (Fsp3) is 0.350. The van der Waals surface area contributed by atoms with Gasteiger partial charge in [-0.2, -0.15) is 0 Å². The Kier molecular flexibility index (Phi) is 4.56. The lowest BCUT2D eigenvalue weighted by Gasteiger charge is -2.25. The normalized spacial score (nSPS) is 17.0. The number of amides is 2. The van der Waals surface area contributed by atoms with Crippen LogP contribution in [0.1, 0.15) is 37.3 Å². The maximum absolute atomic E-state index is 12.8. The molecule has 1 aliphatic rings. The van der Waals surface area contributed by atoms with Crippen molar-refractivity contribution in [2.75, 3.05) is 6.54 Å². The van der Waals surface area contributed by atoms with Crippen molar-refractivity contribution in [3.63, 3.8) is 0 Å². The second kappa shape index (κ2) is 7.15. The zero-order valence-corrected chi connectivity index (χ0v) is 14.9. The number of hydrogen-bond donors (Lipinski definition) is 1. The Labute approximate surface area is 152 Å². The smallest absolute Gasteiger partial charge is 0.318 e. The lowest BCUT2D eigenvalue weighted by molar-refractivity contribution is 0.189. The number of para-hydroxylation sites is 2. The van der Waals surface area contributed by atoms with E-state index in [1.807, 2.05) is 41.3 Å². The highest BCUT2D eigenvalue weighted by Crippen LogP contribution is 2.33. The van der Waals surface area contributed by atoms with Crippen molar-refractivity contribution >= 4 is 17.1 Å². The van der Waals surface area contributed by atoms with E-state index >= 15 is 0 Å². The quantitative estimate of drug-likeness (QED) is 0.784. The summed E-state index contributed by atoms with van der Waals surface area (Å²) in [5, 5.41) is 3.00. The fourth-order valence-electron chi connectivity index (χ4n) is 3.73. The molecule has 1 atom stereocenters. The van der Waals surface area contributed by atoms with Gasteiger partial charge >= 0.3 is 6.03 Å². The van der Waals surface area contributed by atoms with Gasteiger partial charge in [0.05, 0.1) is 29.3 Å². The monoisotopic (exact) mass is 349 g/mol. The summed E-state index contributed by atoms with van der Waals surface area (Å²) in [5.74, 6) is 0.985. The second-order valence-corrected chi connectivity index (χ2v) is 6.53. The molecule has 0 spiro atoms. The summed E-state index contributed by atoms with van der Waals surface area (Å²) in [5.41, 5.74) is 2.98. The molecule has 3 aromatic rings. The lowest BCUT2D eigenvalue weighted by Crippen LogP contribution is -2.40. The zero-order valence-electron chi connectivity index (χ0n) is 14.9. The van der Waals surface area contributed by atoms with Gasteiger partial charge in [0.2, 0.25) is 0 Å². The van der Waals surface area contributed by atoms with Crippen molar-refractivity contribution in [3.8, 4) is 0 Å². The Balaban J connectivity index is 1.56. The van der Waals surface area contributed by atoms with Gasteiger partial charge in [-0.1, -0.05) is 18.2 Å². The maximum atomic E-state index is 12.8. The summed E-state index contributed by atoms with van der Waals surface area (Å²) >= 11 is 0. The topological polar surface area (TPSA) is 63.1 Å². The molecule has 134 valence electrons. The van der Waals surface area contributed by atoms with Crippen molar-refractivity contribution in [1.82, 2.24) is 24.8 Å². The van der Waals surface area contributed by atoms with Crippen molar-refractivity contribution < 1.29 is 4.79 Å². The molecule has 0 aliphatic carbocycles. The molecule has 3 heterocycles. The third kappa shape index (κ3) is 3.03. The summed E-state index contributed by atoms with van der Waals surface area (Å²) in [6.45, 7) is 4.16. The van der Waals surface area contributed by atoms with Crippen LogP contribution in [-0.4, -0.2) is 32.0 Å². The van der Waals surface area contributed by atoms with Gasteiger partial charge in [-0.3, -0.25) is 4.98 Å². The van der Waals surface area contributed by atoms with Crippen LogP contribution in [0.5, 0.6) is 0 Å². The first-order chi connectivity index (χ1) is 12.8. The Morgan fingerprint density at radius 2 is 2.08 bits per heavy atom. The number of pyridine rings is 1. The highest BCUT2D eigenvalue weighted by atomic mass is 16.2. The lowest BCUT2D eigenvalue weighted by atomic mass is 10.2. The summed E-state index contributed by atoms with van der Waals surface area (Å²) in [6.07, 6.45) is 3.68. The van der Waals surface area contributed by atoms with E-state index in [0.717, 1.165) is 48.5 Å². The molecule has 6 heteroatoms. The van der Waals surface area contributed by atoms with E-state index in [0.29, 0.717) is 6.54 Å². The molecule has 4 rings (SSSR count). The molecular weight excluding hydrogens is 326 g/mol. The Hall–Kier alpha value is -2.89. The van der Waals surface area contributed by atoms with Crippen molar-refractivity contribution in [2.24, 2.45) is 0 Å². The van der Waals surface area contributed by atoms with E-state index < -0.39 is 0 Å². The van der Waals surface area contributed by atoms with Gasteiger partial charge in [0.25, 0.3) is 0 Å². The molecule has 0 radical (unpaired) electrons. The van der Waals surface area contributed by atoms with Crippen LogP contribution in [0.25, 0.3) is 11.0 Å². The third-order valence-electron chi connectivity index (χ3n) is 4.96. The average molecular weight is 349 g/mol. The molecule has 2 amide bonds. The third-order valence-corrected chi connectivity index (χ3v) is 4.96. The molecule has 1 N–H and O–H groups in total. The van der Waals surface area contributed by atoms with Crippen LogP contribution in [-0.2, 0) is 13.1 Å². The van der Waals surface area contributed by atoms with E-state index in [1.165, 1.54) is 0 Å². The maximum Gasteiger partial charge on any atom is 0.318 e. The largest absolute Gasteiger partial charge is 0.332 e. The van der Waals surface area contributed by atoms with Crippen LogP contribution >= 0.6 is 0 Å². The van der Waals surface area contributed by atoms with E-state index in [1.54, 1.807) is 6.20 Å². The summed E-state index contributed by atoms with van der Waals surface area (Å²) in [6, 6.07) is 13.9. The second-order valence-electron chi connectivity index (χ2n) is 6.53. The van der Waals surface area contributed by atoms with Gasteiger partial charge in [-0.15, -0.1) is 0 Å². The van der Waals surface area contributed by atoms with Gasteiger partial charge in [0.15, 0.2) is 0 Å². The first-order valence-electron chi connectivity index (χ1n) is 9.17. The van der Waals surface area contributed by atoms with Crippen LogP contribution in [0.3, 0.4) is 0 Å². The van der Waals surface area contributed by atoms with Crippen molar-refractivity contribution in [2.45, 2.75) is 38.9 Å². The number of nitrogens with zero attached hydrogens (tertiary/aromatic N) is 4. The molecule has 0 unspecified atom stereocenters. The van der Waals surface area contributed by atoms with Gasteiger partial charge in [0, 0.05) is 19.3 Å². The average Bonchev–Trinajstić information content (AvgIpc) is 3.31. The molecule has 1 aromatic carbocycles. The van der Waals surface area contributed by atoms with E-state index in [4.69, 9.17) is 4.98 Å². The van der Waals surface area contributed by atoms with E-state index in [-0.39, 0.29) is 12.1 Å². The predicted molar refractivity (Wildman–Crippen MR) is 101 cm³/mol. The number of benzene rings is 1. The Morgan fingerprint density at radius 3 is 2.88 bits per heavy atom. The molecule has 26 heavy (non-hydrogen) atoms. The van der Waals surface area contributed by atoms with Crippen LogP contribution in [0.15, 0.2) is 48.7 Å². The van der Waals surface area contributed by atoms with Gasteiger partial charge < -0.3 is 14.8 Å². The molecule has 6 nitrogen and oxygen atoms in total. The highest BCUT2D eigenvalue weighted by molar-refractivity contribution is 5.77. The minimum Gasteiger partial charge on any atom is -0.332 e. The zero-order chi connectivity index (χ0) is 17.9. The first-order valence-corrected chi connectivity index (χ1v) is 9.17. The van der Waals surface area contributed by atoms with Gasteiger partial charge in [0.1, 0.15) is 5.82 Å². The molecule has 0 saturated carbocycles. The number of aryl methyl sites for hydroxylation is 1. The minimum atomic E-state index is -0.0483. The first kappa shape index (κ1) is 16.6. The highest BCUT2D eigenvalue weighted by Gasteiger charge is 2.33. The van der Waals surface area contributed by atoms with Crippen LogP contribution in [0.4, 0.5) is 4.79 Å². The Morgan fingerprint density at radius 1 is 1.23 bits per heavy atom. The molecule has 1 saturated heterocycles. The Bertz CT molecular complexity index is 905. The van der Waals surface area contributed by atoms with Gasteiger partial charge in [-0.05, 0) is 44.0 Å². The number of fused-ring (bicyclic) bond motifs is 1. The number of imidazole rings is 1. The summed E-state index contributed by atoms with van der Waals surface area (Å²) < 4.78 is 2.23. The van der Waals surface area contributed by atoms with Crippen molar-refractivity contribution in [3.05, 3.63) is 60.2 Å². The van der Waals surface area contributed by atoms with E-state index in [2.05, 4.69) is 27.9 Å². The SMILES string of the molecule is CCn1c([C@@H]2CCCN2C(=O)NCc2ccccn2)nc2ccccc21. The molecule has 0 bridgehead atoms. The standard InChI is InChI=1S/C20H23N5O/c1-2-24-17-10-4-3-9-16(17)23-19(24)18-11-7-13-25(18)20(26)22-14-15-8-5-6-12-21-15/h3-6,8-10,12,18H,2,7,11,13-14H2,1H3,(H,22,26)/t18-/m0/s1. The number of likely N-dealkylation sites (tertiary alicyclic amines) is 1. The molecule has 1 fully saturated rings. The van der Waals surface area contributed by atoms with Crippen LogP contribution < -0.4 is 5.32 Å². The predicted octanol–water partition coefficient (Wildman–Crippen LogP) is 3.50. The number of rotatable bonds is 4. The number of carbonyl (C=O) groups excluding carboxylic acids is 1. The number of nitrogens with one attached hydrogen (secondary N) is 1. The molecule has 2 aromatic heterocycles. The van der Waals surface area contributed by atoms with Crippen molar-refractivity contribution in [1.29, 1.82) is 0 Å². The number of urea groups is 1. The number of hydrogen-bond acceptors (Lipinski definition) is 3. The van der Waals surface area contributed by atoms with E-state index in [9.17, 15) is 4.79 Å². The van der Waals surface area contributed by atoms with Gasteiger partial charge in [-0.25, -0.2) is 9.78 Å². The number of carbonyl (C=O) groups is 1. The fourth-order valence-corrected chi connectivity index (χ4v) is 3.73. The summed E-state index contributed by atoms with van der Waals surface area (Å²) in [7, 11) is 0. The molecule has 1 aliphatic heterocycles. The minimum absolute atomic E-state index is 0.0195.